The molecule has 2 aliphatic carbocycles. The number of hydrogen-bond donors (Lipinski definition) is 0. The minimum Gasteiger partial charge on any atom is -0.311 e. The summed E-state index contributed by atoms with van der Waals surface area (Å²) in [4.78, 5) is 5.18. The molecule has 0 radical (unpaired) electrons. The molecule has 0 bridgehead atoms. The molecule has 9 aromatic rings. The van der Waals surface area contributed by atoms with Gasteiger partial charge in [-0.15, -0.1) is 11.3 Å². The Hall–Kier alpha value is -6.62. The third kappa shape index (κ3) is 5.31. The van der Waals surface area contributed by atoms with E-state index in [1.807, 2.05) is 11.3 Å². The molecule has 0 atom stereocenters. The standard InChI is InChI=1S/C62H53BN2S/c1-36(2)39-21-26-42(27-22-39)64-54-20-14-13-19-53(54)63-58-55(64)31-38(5)32-56(58)65(43-28-23-40(24-29-43)37(3)4)59-48-34-52-47(35-57(48)66-60(59)63)46-30-25-41(61(6,7)8)33-51(46)62(52)49-17-11-9-15-44(49)45-16-10-12-18-50(45)62/h9-37H,1-8H3. The molecule has 8 aromatic carbocycles. The topological polar surface area (TPSA) is 6.48 Å². The molecule has 0 saturated carbocycles. The van der Waals surface area contributed by atoms with Crippen LogP contribution in [-0.2, 0) is 10.8 Å². The lowest BCUT2D eigenvalue weighted by atomic mass is 9.36. The SMILES string of the molecule is Cc1cc2c3c(c1)N(c1ccc(C(C)C)cc1)c1c(sc4cc5c(cc14)C1(c4ccccc4-c4ccccc41)c1cc(C(C)(C)C)ccc1-5)B3c1ccccc1N2c1ccc(C(C)C)cc1. The van der Waals surface area contributed by atoms with Crippen molar-refractivity contribution in [1.82, 2.24) is 0 Å². The number of thiophene rings is 1. The molecular formula is C62H53BN2S. The van der Waals surface area contributed by atoms with Crippen molar-refractivity contribution < 1.29 is 0 Å². The van der Waals surface area contributed by atoms with Crippen LogP contribution < -0.4 is 25.5 Å². The normalized spacial score (nSPS) is 14.7. The Kier molecular flexibility index (Phi) is 8.40. The maximum absolute atomic E-state index is 2.64. The van der Waals surface area contributed by atoms with Crippen LogP contribution in [0.5, 0.6) is 0 Å². The molecule has 1 aromatic heterocycles. The summed E-state index contributed by atoms with van der Waals surface area (Å²) >= 11 is 2.01. The zero-order valence-corrected chi connectivity index (χ0v) is 39.9. The van der Waals surface area contributed by atoms with Crippen LogP contribution in [0.2, 0.25) is 0 Å². The van der Waals surface area contributed by atoms with Crippen LogP contribution in [0.4, 0.5) is 34.1 Å². The average molecular weight is 869 g/mol. The second-order valence-electron chi connectivity index (χ2n) is 20.9. The molecule has 66 heavy (non-hydrogen) atoms. The molecule has 320 valence electrons. The average Bonchev–Trinajstić information content (AvgIpc) is 3.94. The van der Waals surface area contributed by atoms with Gasteiger partial charge in [-0.05, 0) is 156 Å². The number of aryl methyl sites for hydroxylation is 1. The Balaban J connectivity index is 1.13. The minimum atomic E-state index is -0.453. The summed E-state index contributed by atoms with van der Waals surface area (Å²) in [6.45, 7) is 18.5. The first-order chi connectivity index (χ1) is 31.9. The van der Waals surface area contributed by atoms with Crippen LogP contribution in [0.15, 0.2) is 164 Å². The molecule has 0 amide bonds. The number of para-hydroxylation sites is 1. The minimum absolute atomic E-state index is 0.00144. The highest BCUT2D eigenvalue weighted by Gasteiger charge is 2.53. The molecule has 0 N–H and O–H groups in total. The molecule has 13 rings (SSSR count). The maximum atomic E-state index is 2.64. The van der Waals surface area contributed by atoms with E-state index in [4.69, 9.17) is 0 Å². The van der Waals surface area contributed by atoms with Gasteiger partial charge in [0.2, 0.25) is 0 Å². The molecule has 2 nitrogen and oxygen atoms in total. The first kappa shape index (κ1) is 39.7. The van der Waals surface area contributed by atoms with Gasteiger partial charge >= 0.3 is 0 Å². The van der Waals surface area contributed by atoms with Gasteiger partial charge in [0.1, 0.15) is 0 Å². The lowest BCUT2D eigenvalue weighted by Crippen LogP contribution is -2.60. The summed E-state index contributed by atoms with van der Waals surface area (Å²) in [5, 5.41) is 1.32. The van der Waals surface area contributed by atoms with E-state index in [9.17, 15) is 0 Å². The lowest BCUT2D eigenvalue weighted by molar-refractivity contribution is 0.588. The Labute approximate surface area is 394 Å². The van der Waals surface area contributed by atoms with Crippen molar-refractivity contribution in [2.24, 2.45) is 0 Å². The number of fused-ring (bicyclic) bond motifs is 16. The van der Waals surface area contributed by atoms with Crippen LogP contribution >= 0.6 is 11.3 Å². The summed E-state index contributed by atoms with van der Waals surface area (Å²) in [5.74, 6) is 0.909. The summed E-state index contributed by atoms with van der Waals surface area (Å²) in [5.41, 5.74) is 26.0. The van der Waals surface area contributed by atoms with Crippen LogP contribution in [-0.4, -0.2) is 6.71 Å². The van der Waals surface area contributed by atoms with Gasteiger partial charge in [-0.25, -0.2) is 0 Å². The van der Waals surface area contributed by atoms with Gasteiger partial charge in [0, 0.05) is 43.3 Å². The lowest BCUT2D eigenvalue weighted by Gasteiger charge is -2.43. The van der Waals surface area contributed by atoms with E-state index in [1.54, 1.807) is 0 Å². The summed E-state index contributed by atoms with van der Waals surface area (Å²) in [6.07, 6.45) is 0. The van der Waals surface area contributed by atoms with E-state index in [0.717, 1.165) is 0 Å². The van der Waals surface area contributed by atoms with Crippen molar-refractivity contribution in [2.45, 2.75) is 78.1 Å². The Bertz CT molecular complexity index is 3450. The van der Waals surface area contributed by atoms with E-state index < -0.39 is 5.41 Å². The van der Waals surface area contributed by atoms with Crippen LogP contribution in [0.25, 0.3) is 32.3 Å². The molecule has 2 aliphatic heterocycles. The number of rotatable bonds is 4. The first-order valence-corrected chi connectivity index (χ1v) is 24.7. The zero-order chi connectivity index (χ0) is 45.0. The fourth-order valence-corrected chi connectivity index (χ4v) is 13.6. The summed E-state index contributed by atoms with van der Waals surface area (Å²) < 4.78 is 2.74. The molecule has 4 heteroatoms. The van der Waals surface area contributed by atoms with E-state index >= 15 is 0 Å². The van der Waals surface area contributed by atoms with Gasteiger partial charge in [0.15, 0.2) is 0 Å². The quantitative estimate of drug-likeness (QED) is 0.163. The Morgan fingerprint density at radius 2 is 1.06 bits per heavy atom. The Morgan fingerprint density at radius 1 is 0.515 bits per heavy atom. The third-order valence-electron chi connectivity index (χ3n) is 15.4. The van der Waals surface area contributed by atoms with E-state index in [1.165, 1.54) is 127 Å². The zero-order valence-electron chi connectivity index (χ0n) is 39.1. The molecular weight excluding hydrogens is 816 g/mol. The van der Waals surface area contributed by atoms with Crippen molar-refractivity contribution in [1.29, 1.82) is 0 Å². The highest BCUT2D eigenvalue weighted by Crippen LogP contribution is 2.64. The predicted octanol–water partition coefficient (Wildman–Crippen LogP) is 15.2. The number of anilines is 6. The fourth-order valence-electron chi connectivity index (χ4n) is 12.2. The highest BCUT2D eigenvalue weighted by atomic mass is 32.1. The fraction of sp³-hybridized carbons (Fsp3) is 0.194. The van der Waals surface area contributed by atoms with Gasteiger partial charge in [0.05, 0.1) is 11.1 Å². The number of hydrogen-bond acceptors (Lipinski definition) is 3. The van der Waals surface area contributed by atoms with Gasteiger partial charge < -0.3 is 9.80 Å². The third-order valence-corrected chi connectivity index (χ3v) is 16.6. The number of nitrogens with zero attached hydrogens (tertiary/aromatic N) is 2. The molecule has 0 fully saturated rings. The first-order valence-electron chi connectivity index (χ1n) is 23.9. The Morgan fingerprint density at radius 3 is 1.68 bits per heavy atom. The smallest absolute Gasteiger partial charge is 0.264 e. The van der Waals surface area contributed by atoms with Crippen LogP contribution in [0.3, 0.4) is 0 Å². The van der Waals surface area contributed by atoms with Gasteiger partial charge in [-0.1, -0.05) is 158 Å². The van der Waals surface area contributed by atoms with Crippen LogP contribution in [0, 0.1) is 6.92 Å². The van der Waals surface area contributed by atoms with E-state index in [2.05, 4.69) is 229 Å². The maximum Gasteiger partial charge on any atom is 0.264 e. The van der Waals surface area contributed by atoms with Crippen molar-refractivity contribution in [3.05, 3.63) is 208 Å². The van der Waals surface area contributed by atoms with Crippen molar-refractivity contribution in [2.75, 3.05) is 9.80 Å². The molecule has 0 saturated heterocycles. The molecule has 3 heterocycles. The van der Waals surface area contributed by atoms with Crippen molar-refractivity contribution >= 4 is 78.0 Å². The predicted molar refractivity (Wildman–Crippen MR) is 284 cm³/mol. The van der Waals surface area contributed by atoms with Crippen LogP contribution in [0.1, 0.15) is 105 Å². The van der Waals surface area contributed by atoms with Crippen molar-refractivity contribution in [3.8, 4) is 22.3 Å². The van der Waals surface area contributed by atoms with Gasteiger partial charge in [-0.3, -0.25) is 0 Å². The molecule has 4 aliphatic rings. The van der Waals surface area contributed by atoms with Gasteiger partial charge in [0.25, 0.3) is 6.71 Å². The largest absolute Gasteiger partial charge is 0.311 e. The van der Waals surface area contributed by atoms with E-state index in [0.29, 0.717) is 11.8 Å². The molecule has 1 spiro atoms. The molecule has 0 unspecified atom stereocenters. The summed E-state index contributed by atoms with van der Waals surface area (Å²) in [7, 11) is 0. The highest BCUT2D eigenvalue weighted by molar-refractivity contribution is 7.33. The summed E-state index contributed by atoms with van der Waals surface area (Å²) in [6, 6.07) is 63.9. The van der Waals surface area contributed by atoms with E-state index in [-0.39, 0.29) is 12.1 Å². The monoisotopic (exact) mass is 868 g/mol. The van der Waals surface area contributed by atoms with Gasteiger partial charge in [-0.2, -0.15) is 0 Å². The van der Waals surface area contributed by atoms with Crippen molar-refractivity contribution in [3.63, 3.8) is 0 Å². The second-order valence-corrected chi connectivity index (χ2v) is 22.0. The number of benzene rings is 8. The second kappa shape index (κ2) is 14.0.